The third-order valence-corrected chi connectivity index (χ3v) is 3.65. The van der Waals surface area contributed by atoms with Gasteiger partial charge < -0.3 is 15.5 Å². The summed E-state index contributed by atoms with van der Waals surface area (Å²) in [6.45, 7) is 0. The Hall–Kier alpha value is -2.16. The summed E-state index contributed by atoms with van der Waals surface area (Å²) in [7, 11) is 0. The lowest BCUT2D eigenvalue weighted by Crippen LogP contribution is -2.17. The number of aromatic hydroxyl groups is 2. The van der Waals surface area contributed by atoms with E-state index in [-0.39, 0.29) is 11.8 Å². The van der Waals surface area contributed by atoms with Crippen LogP contribution >= 0.6 is 0 Å². The maximum Gasteiger partial charge on any atom is 0.115 e. The van der Waals surface area contributed by atoms with Gasteiger partial charge >= 0.3 is 0 Å². The third-order valence-electron chi connectivity index (χ3n) is 3.65. The molecule has 3 heteroatoms. The van der Waals surface area contributed by atoms with Crippen LogP contribution in [0.1, 0.15) is 30.0 Å². The fraction of sp³-hybridized carbons (Fsp3) is 0.250. The quantitative estimate of drug-likeness (QED) is 0.719. The van der Waals surface area contributed by atoms with Crippen LogP contribution in [0, 0.1) is 0 Å². The third kappa shape index (κ3) is 2.50. The molecule has 3 N–H and O–H groups in total. The number of hydrogen-bond acceptors (Lipinski definition) is 3. The van der Waals surface area contributed by atoms with Crippen LogP contribution in [0.5, 0.6) is 11.5 Å². The smallest absolute Gasteiger partial charge is 0.115 e. The van der Waals surface area contributed by atoms with Crippen LogP contribution in [0.15, 0.2) is 42.5 Å². The SMILES string of the molecule is Oc1ccc(NC2CCCc3cc(O)ccc32)cc1. The first-order chi connectivity index (χ1) is 9.22. The minimum atomic E-state index is 0.272. The Labute approximate surface area is 112 Å². The van der Waals surface area contributed by atoms with E-state index >= 15 is 0 Å². The molecule has 1 aliphatic carbocycles. The van der Waals surface area contributed by atoms with Gasteiger partial charge in [0.05, 0.1) is 6.04 Å². The number of anilines is 1. The number of fused-ring (bicyclic) bond motifs is 1. The standard InChI is InChI=1S/C16H17NO2/c18-13-6-4-12(5-7-13)17-16-3-1-2-11-10-14(19)8-9-15(11)16/h4-10,16-19H,1-3H2. The summed E-state index contributed by atoms with van der Waals surface area (Å²) in [4.78, 5) is 0. The number of hydrogen-bond donors (Lipinski definition) is 3. The maximum absolute atomic E-state index is 9.55. The minimum Gasteiger partial charge on any atom is -0.508 e. The van der Waals surface area contributed by atoms with Crippen LogP contribution in [0.25, 0.3) is 0 Å². The lowest BCUT2D eigenvalue weighted by atomic mass is 9.87. The fourth-order valence-electron chi connectivity index (χ4n) is 2.71. The molecule has 0 amide bonds. The van der Waals surface area contributed by atoms with Gasteiger partial charge in [-0.3, -0.25) is 0 Å². The molecular formula is C16H17NO2. The van der Waals surface area contributed by atoms with E-state index in [1.165, 1.54) is 11.1 Å². The van der Waals surface area contributed by atoms with Crippen LogP contribution in [0.4, 0.5) is 5.69 Å². The van der Waals surface area contributed by atoms with Gasteiger partial charge in [0.2, 0.25) is 0 Å². The molecule has 3 rings (SSSR count). The molecule has 0 saturated heterocycles. The van der Waals surface area contributed by atoms with E-state index in [0.29, 0.717) is 5.75 Å². The number of rotatable bonds is 2. The molecule has 0 spiro atoms. The maximum atomic E-state index is 9.55. The van der Waals surface area contributed by atoms with E-state index in [4.69, 9.17) is 0 Å². The van der Waals surface area contributed by atoms with Crippen molar-refractivity contribution in [3.05, 3.63) is 53.6 Å². The zero-order valence-electron chi connectivity index (χ0n) is 10.6. The van der Waals surface area contributed by atoms with Crippen LogP contribution in [-0.2, 0) is 6.42 Å². The average molecular weight is 255 g/mol. The van der Waals surface area contributed by atoms with Crippen molar-refractivity contribution in [3.63, 3.8) is 0 Å². The van der Waals surface area contributed by atoms with Crippen molar-refractivity contribution in [1.82, 2.24) is 0 Å². The topological polar surface area (TPSA) is 52.5 Å². The Kier molecular flexibility index (Phi) is 3.03. The molecule has 2 aromatic rings. The second-order valence-electron chi connectivity index (χ2n) is 5.02. The number of phenols is 2. The Bertz CT molecular complexity index is 578. The van der Waals surface area contributed by atoms with E-state index in [2.05, 4.69) is 5.32 Å². The molecule has 0 heterocycles. The molecule has 0 aromatic heterocycles. The first-order valence-corrected chi connectivity index (χ1v) is 6.60. The number of nitrogens with one attached hydrogen (secondary N) is 1. The fourth-order valence-corrected chi connectivity index (χ4v) is 2.71. The predicted molar refractivity (Wildman–Crippen MR) is 75.5 cm³/mol. The summed E-state index contributed by atoms with van der Waals surface area (Å²) >= 11 is 0. The molecule has 0 radical (unpaired) electrons. The first-order valence-electron chi connectivity index (χ1n) is 6.60. The lowest BCUT2D eigenvalue weighted by molar-refractivity contribution is 0.472. The van der Waals surface area contributed by atoms with Crippen LogP contribution in [0.3, 0.4) is 0 Å². The summed E-state index contributed by atoms with van der Waals surface area (Å²) in [5.41, 5.74) is 3.49. The zero-order chi connectivity index (χ0) is 13.2. The van der Waals surface area contributed by atoms with Gasteiger partial charge in [0.25, 0.3) is 0 Å². The minimum absolute atomic E-state index is 0.272. The van der Waals surface area contributed by atoms with Gasteiger partial charge in [-0.25, -0.2) is 0 Å². The predicted octanol–water partition coefficient (Wildman–Crippen LogP) is 3.59. The molecule has 1 aliphatic rings. The Morgan fingerprint density at radius 3 is 2.47 bits per heavy atom. The van der Waals surface area contributed by atoms with E-state index < -0.39 is 0 Å². The van der Waals surface area contributed by atoms with Crippen molar-refractivity contribution >= 4 is 5.69 Å². The summed E-state index contributed by atoms with van der Waals surface area (Å²) < 4.78 is 0. The molecule has 98 valence electrons. The normalized spacial score (nSPS) is 17.8. The van der Waals surface area contributed by atoms with Gasteiger partial charge in [-0.15, -0.1) is 0 Å². The molecule has 0 aliphatic heterocycles. The monoisotopic (exact) mass is 255 g/mol. The summed E-state index contributed by atoms with van der Waals surface area (Å²) in [5, 5.41) is 22.3. The lowest BCUT2D eigenvalue weighted by Gasteiger charge is -2.27. The average Bonchev–Trinajstić information content (AvgIpc) is 2.41. The van der Waals surface area contributed by atoms with Crippen molar-refractivity contribution in [3.8, 4) is 11.5 Å². The molecule has 2 aromatic carbocycles. The Morgan fingerprint density at radius 2 is 1.68 bits per heavy atom. The summed E-state index contributed by atoms with van der Waals surface area (Å²) in [5.74, 6) is 0.614. The summed E-state index contributed by atoms with van der Waals surface area (Å²) in [6, 6.07) is 13.0. The number of aryl methyl sites for hydroxylation is 1. The van der Waals surface area contributed by atoms with Gasteiger partial charge in [0.1, 0.15) is 11.5 Å². The largest absolute Gasteiger partial charge is 0.508 e. The molecule has 1 atom stereocenters. The van der Waals surface area contributed by atoms with E-state index in [1.807, 2.05) is 24.3 Å². The zero-order valence-corrected chi connectivity index (χ0v) is 10.6. The van der Waals surface area contributed by atoms with Crippen molar-refractivity contribution < 1.29 is 10.2 Å². The highest BCUT2D eigenvalue weighted by Gasteiger charge is 2.20. The molecular weight excluding hydrogens is 238 g/mol. The molecule has 19 heavy (non-hydrogen) atoms. The van der Waals surface area contributed by atoms with Gasteiger partial charge in [0, 0.05) is 5.69 Å². The van der Waals surface area contributed by atoms with Gasteiger partial charge in [-0.1, -0.05) is 6.07 Å². The molecule has 0 saturated carbocycles. The van der Waals surface area contributed by atoms with Crippen LogP contribution < -0.4 is 5.32 Å². The van der Waals surface area contributed by atoms with E-state index in [0.717, 1.165) is 24.9 Å². The van der Waals surface area contributed by atoms with E-state index in [1.54, 1.807) is 18.2 Å². The van der Waals surface area contributed by atoms with Gasteiger partial charge in [-0.05, 0) is 66.8 Å². The van der Waals surface area contributed by atoms with Crippen molar-refractivity contribution in [2.45, 2.75) is 25.3 Å². The van der Waals surface area contributed by atoms with Crippen LogP contribution in [-0.4, -0.2) is 10.2 Å². The van der Waals surface area contributed by atoms with Crippen molar-refractivity contribution in [2.24, 2.45) is 0 Å². The second-order valence-corrected chi connectivity index (χ2v) is 5.02. The first kappa shape index (κ1) is 11.9. The molecule has 0 fully saturated rings. The summed E-state index contributed by atoms with van der Waals surface area (Å²) in [6.07, 6.45) is 3.22. The Balaban J connectivity index is 1.85. The number of benzene rings is 2. The number of phenolic OH excluding ortho intramolecular Hbond substituents is 2. The van der Waals surface area contributed by atoms with Crippen LogP contribution in [0.2, 0.25) is 0 Å². The van der Waals surface area contributed by atoms with Crippen molar-refractivity contribution in [2.75, 3.05) is 5.32 Å². The molecule has 0 bridgehead atoms. The molecule has 3 nitrogen and oxygen atoms in total. The van der Waals surface area contributed by atoms with Gasteiger partial charge in [-0.2, -0.15) is 0 Å². The molecule has 1 unspecified atom stereocenters. The van der Waals surface area contributed by atoms with Crippen molar-refractivity contribution in [1.29, 1.82) is 0 Å². The highest BCUT2D eigenvalue weighted by molar-refractivity contribution is 5.50. The highest BCUT2D eigenvalue weighted by Crippen LogP contribution is 2.34. The van der Waals surface area contributed by atoms with E-state index in [9.17, 15) is 10.2 Å². The Morgan fingerprint density at radius 1 is 0.947 bits per heavy atom. The second kappa shape index (κ2) is 4.84. The highest BCUT2D eigenvalue weighted by atomic mass is 16.3. The van der Waals surface area contributed by atoms with Gasteiger partial charge in [0.15, 0.2) is 0 Å².